The maximum atomic E-state index is 12.0. The quantitative estimate of drug-likeness (QED) is 0.874. The number of carbonyl (C=O) groups is 1. The first-order chi connectivity index (χ1) is 10.3. The second kappa shape index (κ2) is 6.19. The van der Waals surface area contributed by atoms with Crippen molar-refractivity contribution in [2.75, 3.05) is 7.11 Å². The number of nitrogens with zero attached hydrogens (tertiary/aromatic N) is 1. The Morgan fingerprint density at radius 1 is 1.32 bits per heavy atom. The van der Waals surface area contributed by atoms with Crippen molar-refractivity contribution in [2.45, 2.75) is 32.4 Å². The summed E-state index contributed by atoms with van der Waals surface area (Å²) in [5.74, 6) is 0.409. The van der Waals surface area contributed by atoms with Crippen LogP contribution in [-0.4, -0.2) is 23.8 Å². The molecule has 118 valence electrons. The second-order valence-corrected chi connectivity index (χ2v) is 5.86. The average molecular weight is 304 g/mol. The lowest BCUT2D eigenvalue weighted by atomic mass is 10.1. The molecule has 0 saturated heterocycles. The third-order valence-corrected chi connectivity index (χ3v) is 2.86. The number of rotatable bonds is 4. The minimum atomic E-state index is -1.01. The van der Waals surface area contributed by atoms with Crippen LogP contribution in [0.5, 0.6) is 5.75 Å². The summed E-state index contributed by atoms with van der Waals surface area (Å²) < 4.78 is 15.6. The van der Waals surface area contributed by atoms with Gasteiger partial charge in [0.15, 0.2) is 11.8 Å². The minimum Gasteiger partial charge on any atom is -0.497 e. The Balaban J connectivity index is 2.18. The molecule has 1 unspecified atom stereocenters. The SMILES string of the molecule is COc1cccc(-c2cc(C(N)C(=O)OC(C)(C)C)on2)c1. The Bertz CT molecular complexity index is 658. The summed E-state index contributed by atoms with van der Waals surface area (Å²) >= 11 is 0. The molecular formula is C16H20N2O4. The standard InChI is InChI=1S/C16H20N2O4/c1-16(2,3)21-15(19)14(17)13-9-12(18-22-13)10-6-5-7-11(8-10)20-4/h5-9,14H,17H2,1-4H3. The predicted molar refractivity (Wildman–Crippen MR) is 81.3 cm³/mol. The minimum absolute atomic E-state index is 0.257. The summed E-state index contributed by atoms with van der Waals surface area (Å²) in [6.45, 7) is 5.33. The molecule has 1 heterocycles. The average Bonchev–Trinajstić information content (AvgIpc) is 2.94. The van der Waals surface area contributed by atoms with Crippen molar-refractivity contribution in [3.8, 4) is 17.0 Å². The fourth-order valence-corrected chi connectivity index (χ4v) is 1.84. The molecule has 0 aliphatic carbocycles. The van der Waals surface area contributed by atoms with Gasteiger partial charge in [0, 0.05) is 11.6 Å². The molecule has 0 fully saturated rings. The largest absolute Gasteiger partial charge is 0.497 e. The highest BCUT2D eigenvalue weighted by Crippen LogP contribution is 2.26. The van der Waals surface area contributed by atoms with Crippen molar-refractivity contribution >= 4 is 5.97 Å². The first-order valence-corrected chi connectivity index (χ1v) is 6.89. The van der Waals surface area contributed by atoms with Crippen molar-refractivity contribution in [2.24, 2.45) is 5.73 Å². The number of methoxy groups -OCH3 is 1. The van der Waals surface area contributed by atoms with Gasteiger partial charge in [0.2, 0.25) is 0 Å². The van der Waals surface area contributed by atoms with E-state index in [0.29, 0.717) is 11.4 Å². The number of aromatic nitrogens is 1. The fraction of sp³-hybridized carbons (Fsp3) is 0.375. The molecule has 2 N–H and O–H groups in total. The van der Waals surface area contributed by atoms with Crippen molar-refractivity contribution in [3.63, 3.8) is 0 Å². The Labute approximate surface area is 129 Å². The third-order valence-electron chi connectivity index (χ3n) is 2.86. The summed E-state index contributed by atoms with van der Waals surface area (Å²) in [7, 11) is 1.59. The summed E-state index contributed by atoms with van der Waals surface area (Å²) in [4.78, 5) is 12.0. The van der Waals surface area contributed by atoms with E-state index < -0.39 is 17.6 Å². The molecule has 0 bridgehead atoms. The normalized spacial score (nSPS) is 12.8. The molecule has 0 aliphatic heterocycles. The molecule has 0 amide bonds. The van der Waals surface area contributed by atoms with E-state index in [1.165, 1.54) is 0 Å². The number of nitrogens with two attached hydrogens (primary N) is 1. The van der Waals surface area contributed by atoms with Crippen LogP contribution in [0.1, 0.15) is 32.6 Å². The molecule has 1 atom stereocenters. The van der Waals surface area contributed by atoms with Crippen LogP contribution in [0.25, 0.3) is 11.3 Å². The highest BCUT2D eigenvalue weighted by Gasteiger charge is 2.26. The number of hydrogen-bond donors (Lipinski definition) is 1. The van der Waals surface area contributed by atoms with Crippen LogP contribution in [-0.2, 0) is 9.53 Å². The van der Waals surface area contributed by atoms with E-state index in [1.54, 1.807) is 33.9 Å². The van der Waals surface area contributed by atoms with Gasteiger partial charge in [-0.3, -0.25) is 0 Å². The molecule has 0 radical (unpaired) electrons. The van der Waals surface area contributed by atoms with E-state index in [1.807, 2.05) is 24.3 Å². The zero-order valence-electron chi connectivity index (χ0n) is 13.1. The molecule has 1 aromatic carbocycles. The van der Waals surface area contributed by atoms with Crippen molar-refractivity contribution in [3.05, 3.63) is 36.1 Å². The van der Waals surface area contributed by atoms with E-state index in [2.05, 4.69) is 5.16 Å². The van der Waals surface area contributed by atoms with Crippen molar-refractivity contribution in [1.82, 2.24) is 5.16 Å². The van der Waals surface area contributed by atoms with Crippen LogP contribution in [0.2, 0.25) is 0 Å². The van der Waals surface area contributed by atoms with Gasteiger partial charge in [0.1, 0.15) is 17.0 Å². The van der Waals surface area contributed by atoms with Crippen molar-refractivity contribution in [1.29, 1.82) is 0 Å². The molecule has 2 rings (SSSR count). The van der Waals surface area contributed by atoms with Crippen LogP contribution in [0.15, 0.2) is 34.9 Å². The molecule has 0 aliphatic rings. The van der Waals surface area contributed by atoms with Gasteiger partial charge in [-0.1, -0.05) is 17.3 Å². The van der Waals surface area contributed by atoms with E-state index in [9.17, 15) is 4.79 Å². The van der Waals surface area contributed by atoms with Gasteiger partial charge in [0.05, 0.1) is 7.11 Å². The highest BCUT2D eigenvalue weighted by atomic mass is 16.6. The molecule has 22 heavy (non-hydrogen) atoms. The number of hydrogen-bond acceptors (Lipinski definition) is 6. The Morgan fingerprint density at radius 3 is 2.68 bits per heavy atom. The number of esters is 1. The first-order valence-electron chi connectivity index (χ1n) is 6.89. The summed E-state index contributed by atoms with van der Waals surface area (Å²) in [5, 5.41) is 3.94. The maximum Gasteiger partial charge on any atom is 0.331 e. The smallest absolute Gasteiger partial charge is 0.331 e. The summed E-state index contributed by atoms with van der Waals surface area (Å²) in [5.41, 5.74) is 6.64. The molecule has 0 saturated carbocycles. The van der Waals surface area contributed by atoms with Crippen LogP contribution in [0.4, 0.5) is 0 Å². The lowest BCUT2D eigenvalue weighted by Gasteiger charge is -2.21. The van der Waals surface area contributed by atoms with Crippen molar-refractivity contribution < 1.29 is 18.8 Å². The Morgan fingerprint density at radius 2 is 2.05 bits per heavy atom. The lowest BCUT2D eigenvalue weighted by Crippen LogP contribution is -2.31. The monoisotopic (exact) mass is 304 g/mol. The molecule has 2 aromatic rings. The van der Waals surface area contributed by atoms with Gasteiger partial charge in [-0.05, 0) is 32.9 Å². The zero-order chi connectivity index (χ0) is 16.3. The first kappa shape index (κ1) is 16.0. The highest BCUT2D eigenvalue weighted by molar-refractivity contribution is 5.77. The summed E-state index contributed by atoms with van der Waals surface area (Å²) in [6, 6.07) is 7.98. The fourth-order valence-electron chi connectivity index (χ4n) is 1.84. The Kier molecular flexibility index (Phi) is 4.51. The number of ether oxygens (including phenoxy) is 2. The maximum absolute atomic E-state index is 12.0. The molecular weight excluding hydrogens is 284 g/mol. The van der Waals surface area contributed by atoms with Gasteiger partial charge in [0.25, 0.3) is 0 Å². The van der Waals surface area contributed by atoms with Gasteiger partial charge >= 0.3 is 5.97 Å². The molecule has 0 spiro atoms. The van der Waals surface area contributed by atoms with Crippen LogP contribution < -0.4 is 10.5 Å². The zero-order valence-corrected chi connectivity index (χ0v) is 13.1. The van der Waals surface area contributed by atoms with Crippen LogP contribution in [0, 0.1) is 0 Å². The second-order valence-electron chi connectivity index (χ2n) is 5.86. The van der Waals surface area contributed by atoms with E-state index in [-0.39, 0.29) is 5.76 Å². The Hall–Kier alpha value is -2.34. The van der Waals surface area contributed by atoms with Gasteiger partial charge in [-0.25, -0.2) is 4.79 Å². The van der Waals surface area contributed by atoms with Crippen LogP contribution >= 0.6 is 0 Å². The summed E-state index contributed by atoms with van der Waals surface area (Å²) in [6.07, 6.45) is 0. The van der Waals surface area contributed by atoms with E-state index >= 15 is 0 Å². The third kappa shape index (κ3) is 3.85. The predicted octanol–water partition coefficient (Wildman–Crippen LogP) is 2.69. The van der Waals surface area contributed by atoms with E-state index in [0.717, 1.165) is 5.56 Å². The molecule has 6 heteroatoms. The number of carbonyl (C=O) groups excluding carboxylic acids is 1. The van der Waals surface area contributed by atoms with Crippen LogP contribution in [0.3, 0.4) is 0 Å². The van der Waals surface area contributed by atoms with Gasteiger partial charge in [-0.2, -0.15) is 0 Å². The van der Waals surface area contributed by atoms with E-state index in [4.69, 9.17) is 19.7 Å². The van der Waals surface area contributed by atoms with Gasteiger partial charge < -0.3 is 19.7 Å². The number of benzene rings is 1. The molecule has 1 aromatic heterocycles. The molecule has 6 nitrogen and oxygen atoms in total. The topological polar surface area (TPSA) is 87.6 Å². The van der Waals surface area contributed by atoms with Gasteiger partial charge in [-0.15, -0.1) is 0 Å². The lowest BCUT2D eigenvalue weighted by molar-refractivity contribution is -0.157.